The first-order valence-corrected chi connectivity index (χ1v) is 7.95. The summed E-state index contributed by atoms with van der Waals surface area (Å²) in [5, 5.41) is 0.566. The molecule has 0 atom stereocenters. The van der Waals surface area contributed by atoms with E-state index in [0.29, 0.717) is 23.0 Å². The van der Waals surface area contributed by atoms with E-state index in [9.17, 15) is 9.18 Å². The van der Waals surface area contributed by atoms with Gasteiger partial charge in [-0.15, -0.1) is 0 Å². The van der Waals surface area contributed by atoms with Gasteiger partial charge in [-0.3, -0.25) is 9.36 Å². The highest BCUT2D eigenvalue weighted by Crippen LogP contribution is 2.30. The second-order valence-electron chi connectivity index (χ2n) is 7.02. The van der Waals surface area contributed by atoms with Gasteiger partial charge in [0.05, 0.1) is 10.9 Å². The number of hydrogen-bond acceptors (Lipinski definition) is 4. The second kappa shape index (κ2) is 5.19. The van der Waals surface area contributed by atoms with E-state index in [1.807, 2.05) is 0 Å². The van der Waals surface area contributed by atoms with Crippen LogP contribution >= 0.6 is 0 Å². The van der Waals surface area contributed by atoms with Crippen molar-refractivity contribution < 1.29 is 4.39 Å². The summed E-state index contributed by atoms with van der Waals surface area (Å²) in [6.45, 7) is 5.01. The van der Waals surface area contributed by atoms with E-state index >= 15 is 0 Å². The van der Waals surface area contributed by atoms with Gasteiger partial charge in [-0.25, -0.2) is 9.97 Å². The fraction of sp³-hybridized carbons (Fsp3) is 0.333. The number of hydrogen-bond donors (Lipinski definition) is 0. The van der Waals surface area contributed by atoms with Crippen molar-refractivity contribution in [2.24, 2.45) is 5.41 Å². The Balaban J connectivity index is 1.89. The number of fused-ring (bicyclic) bond motifs is 2. The van der Waals surface area contributed by atoms with Crippen molar-refractivity contribution in [3.63, 3.8) is 0 Å². The third-order valence-corrected chi connectivity index (χ3v) is 4.53. The van der Waals surface area contributed by atoms with Crippen LogP contribution in [0, 0.1) is 11.4 Å². The number of nitrogens with zero attached hydrogens (tertiary/aromatic N) is 4. The Morgan fingerprint density at radius 1 is 1.21 bits per heavy atom. The van der Waals surface area contributed by atoms with Crippen LogP contribution in [-0.2, 0) is 13.0 Å². The molecule has 6 heteroatoms. The van der Waals surface area contributed by atoms with Crippen LogP contribution in [0.5, 0.6) is 0 Å². The molecular weight excluding hydrogens is 307 g/mol. The van der Waals surface area contributed by atoms with Crippen molar-refractivity contribution in [1.82, 2.24) is 19.5 Å². The number of benzene rings is 1. The van der Waals surface area contributed by atoms with Crippen LogP contribution in [0.3, 0.4) is 0 Å². The highest BCUT2D eigenvalue weighted by atomic mass is 19.1. The Labute approximate surface area is 138 Å². The number of aromatic nitrogens is 4. The monoisotopic (exact) mass is 324 g/mol. The molecule has 0 aliphatic carbocycles. The van der Waals surface area contributed by atoms with E-state index in [4.69, 9.17) is 0 Å². The highest BCUT2D eigenvalue weighted by molar-refractivity contribution is 5.82. The molecule has 5 nitrogen and oxygen atoms in total. The van der Waals surface area contributed by atoms with Gasteiger partial charge in [0.15, 0.2) is 5.82 Å². The van der Waals surface area contributed by atoms with Crippen LogP contribution in [0.4, 0.5) is 4.39 Å². The van der Waals surface area contributed by atoms with Crippen molar-refractivity contribution in [3.8, 4) is 11.4 Å². The quantitative estimate of drug-likeness (QED) is 0.646. The van der Waals surface area contributed by atoms with Gasteiger partial charge in [0.1, 0.15) is 5.82 Å². The average molecular weight is 324 g/mol. The van der Waals surface area contributed by atoms with Gasteiger partial charge in [0, 0.05) is 30.8 Å². The van der Waals surface area contributed by atoms with E-state index in [1.165, 1.54) is 12.3 Å². The van der Waals surface area contributed by atoms with Gasteiger partial charge in [0.2, 0.25) is 5.95 Å². The lowest BCUT2D eigenvalue weighted by Crippen LogP contribution is -2.36. The molecule has 0 N–H and O–H groups in total. The smallest absolute Gasteiger partial charge is 0.261 e. The molecule has 1 aliphatic heterocycles. The van der Waals surface area contributed by atoms with Crippen LogP contribution in [0.2, 0.25) is 0 Å². The number of halogens is 1. The molecule has 1 aliphatic rings. The molecule has 0 spiro atoms. The maximum atomic E-state index is 13.3. The third kappa shape index (κ3) is 2.48. The molecule has 0 amide bonds. The van der Waals surface area contributed by atoms with E-state index in [-0.39, 0.29) is 16.8 Å². The molecule has 0 bridgehead atoms. The van der Waals surface area contributed by atoms with Gasteiger partial charge in [-0.2, -0.15) is 9.37 Å². The minimum Gasteiger partial charge on any atom is -0.296 e. The minimum absolute atomic E-state index is 0.0190. The molecular formula is C18H17FN4O. The van der Waals surface area contributed by atoms with Crippen LogP contribution in [-0.4, -0.2) is 19.5 Å². The summed E-state index contributed by atoms with van der Waals surface area (Å²) in [5.41, 5.74) is 1.34. The summed E-state index contributed by atoms with van der Waals surface area (Å²) in [7, 11) is 0. The molecule has 4 rings (SSSR count). The zero-order valence-electron chi connectivity index (χ0n) is 13.6. The molecule has 2 aromatic heterocycles. The Hall–Kier alpha value is -2.63. The van der Waals surface area contributed by atoms with Gasteiger partial charge < -0.3 is 0 Å². The summed E-state index contributed by atoms with van der Waals surface area (Å²) < 4.78 is 15.1. The first kappa shape index (κ1) is 14.9. The summed E-state index contributed by atoms with van der Waals surface area (Å²) in [4.78, 5) is 25.3. The third-order valence-electron chi connectivity index (χ3n) is 4.53. The SMILES string of the molecule is CC1(C)CCc2nc3cc(-c4nccc(F)n4)ccc3c(=O)n2C1. The normalized spacial score (nSPS) is 16.1. The molecule has 1 aromatic carbocycles. The van der Waals surface area contributed by atoms with Gasteiger partial charge in [-0.05, 0) is 24.0 Å². The predicted octanol–water partition coefficient (Wildman–Crippen LogP) is 2.97. The van der Waals surface area contributed by atoms with Crippen LogP contribution in [0.1, 0.15) is 26.1 Å². The Morgan fingerprint density at radius 2 is 2.04 bits per heavy atom. The zero-order chi connectivity index (χ0) is 16.9. The van der Waals surface area contributed by atoms with E-state index in [2.05, 4.69) is 28.8 Å². The molecule has 24 heavy (non-hydrogen) atoms. The highest BCUT2D eigenvalue weighted by Gasteiger charge is 2.27. The lowest BCUT2D eigenvalue weighted by molar-refractivity contribution is 0.240. The Bertz CT molecular complexity index is 1010. The van der Waals surface area contributed by atoms with Crippen molar-refractivity contribution in [1.29, 1.82) is 0 Å². The van der Waals surface area contributed by atoms with Crippen molar-refractivity contribution in [2.75, 3.05) is 0 Å². The largest absolute Gasteiger partial charge is 0.296 e. The Kier molecular flexibility index (Phi) is 3.23. The molecule has 3 aromatic rings. The van der Waals surface area contributed by atoms with Gasteiger partial charge in [0.25, 0.3) is 5.56 Å². The summed E-state index contributed by atoms with van der Waals surface area (Å²) in [6, 6.07) is 6.42. The first-order chi connectivity index (χ1) is 11.4. The number of rotatable bonds is 1. The molecule has 0 unspecified atom stereocenters. The van der Waals surface area contributed by atoms with Gasteiger partial charge in [-0.1, -0.05) is 19.9 Å². The Morgan fingerprint density at radius 3 is 2.83 bits per heavy atom. The summed E-state index contributed by atoms with van der Waals surface area (Å²) in [6.07, 6.45) is 3.15. The van der Waals surface area contributed by atoms with Crippen LogP contribution in [0.15, 0.2) is 35.3 Å². The van der Waals surface area contributed by atoms with Crippen molar-refractivity contribution in [3.05, 3.63) is 52.6 Å². The molecule has 122 valence electrons. The van der Waals surface area contributed by atoms with E-state index < -0.39 is 5.95 Å². The molecule has 0 fully saturated rings. The van der Waals surface area contributed by atoms with Crippen molar-refractivity contribution >= 4 is 10.9 Å². The van der Waals surface area contributed by atoms with E-state index in [1.54, 1.807) is 22.8 Å². The molecule has 3 heterocycles. The zero-order valence-corrected chi connectivity index (χ0v) is 13.6. The van der Waals surface area contributed by atoms with Crippen LogP contribution < -0.4 is 5.56 Å². The second-order valence-corrected chi connectivity index (χ2v) is 7.02. The lowest BCUT2D eigenvalue weighted by atomic mass is 9.85. The standard InChI is InChI=1S/C18H17FN4O/c1-18(2)7-5-15-21-13-9-11(16-20-8-6-14(19)22-16)3-4-12(13)17(24)23(15)10-18/h3-4,6,8-9H,5,7,10H2,1-2H3. The maximum Gasteiger partial charge on any atom is 0.261 e. The topological polar surface area (TPSA) is 60.7 Å². The van der Waals surface area contributed by atoms with Gasteiger partial charge >= 0.3 is 0 Å². The summed E-state index contributed by atoms with van der Waals surface area (Å²) >= 11 is 0. The summed E-state index contributed by atoms with van der Waals surface area (Å²) in [5.74, 6) is 0.516. The average Bonchev–Trinajstić information content (AvgIpc) is 2.55. The fourth-order valence-electron chi connectivity index (χ4n) is 3.19. The first-order valence-electron chi connectivity index (χ1n) is 7.95. The molecule has 0 saturated heterocycles. The lowest BCUT2D eigenvalue weighted by Gasteiger charge is -2.31. The fourth-order valence-corrected chi connectivity index (χ4v) is 3.19. The maximum absolute atomic E-state index is 13.3. The molecule has 0 radical (unpaired) electrons. The molecule has 0 saturated carbocycles. The van der Waals surface area contributed by atoms with E-state index in [0.717, 1.165) is 18.7 Å². The predicted molar refractivity (Wildman–Crippen MR) is 89.1 cm³/mol. The van der Waals surface area contributed by atoms with Crippen LogP contribution in [0.25, 0.3) is 22.3 Å². The van der Waals surface area contributed by atoms with Crippen molar-refractivity contribution in [2.45, 2.75) is 33.2 Å². The minimum atomic E-state index is -0.583. The number of aryl methyl sites for hydroxylation is 1.